The van der Waals surface area contributed by atoms with Crippen molar-refractivity contribution in [1.29, 1.82) is 0 Å². The summed E-state index contributed by atoms with van der Waals surface area (Å²) in [6, 6.07) is 12.2. The lowest BCUT2D eigenvalue weighted by molar-refractivity contribution is -0.120. The monoisotopic (exact) mass is 475 g/mol. The third-order valence-corrected chi connectivity index (χ3v) is 5.52. The second kappa shape index (κ2) is 9.75. The minimum atomic E-state index is -0.933. The topological polar surface area (TPSA) is 135 Å². The number of benzene rings is 2. The molecule has 2 aromatic carbocycles. The Labute approximate surface area is 201 Å². The minimum Gasteiger partial charge on any atom is -0.489 e. The zero-order chi connectivity index (χ0) is 23.7. The molecule has 0 unspecified atom stereocenters. The van der Waals surface area contributed by atoms with Gasteiger partial charge in [-0.2, -0.15) is 0 Å². The van der Waals surface area contributed by atoms with Crippen LogP contribution in [0.2, 0.25) is 0 Å². The van der Waals surface area contributed by atoms with Gasteiger partial charge in [0.15, 0.2) is 0 Å². The maximum absolute atomic E-state index is 13.1. The molecule has 0 radical (unpaired) electrons. The highest BCUT2D eigenvalue weighted by atomic mass is 16.5. The van der Waals surface area contributed by atoms with Crippen LogP contribution in [0.5, 0.6) is 11.6 Å². The number of nitrogens with zero attached hydrogens (tertiary/aromatic N) is 5. The minimum absolute atomic E-state index is 0. The van der Waals surface area contributed by atoms with E-state index in [1.807, 2.05) is 30.3 Å². The van der Waals surface area contributed by atoms with Crippen molar-refractivity contribution in [2.75, 3.05) is 25.7 Å². The van der Waals surface area contributed by atoms with E-state index in [1.165, 1.54) is 18.3 Å². The number of rotatable bonds is 5. The molecule has 0 aliphatic carbocycles. The molecule has 35 heavy (non-hydrogen) atoms. The summed E-state index contributed by atoms with van der Waals surface area (Å²) in [6.45, 7) is -0.0586. The summed E-state index contributed by atoms with van der Waals surface area (Å²) < 4.78 is 11.2. The number of likely N-dealkylation sites (N-methyl/N-ethyl adjacent to an activating group) is 1. The Morgan fingerprint density at radius 2 is 2.06 bits per heavy atom. The number of carbonyl (C=O) groups is 2. The van der Waals surface area contributed by atoms with Crippen LogP contribution in [0.4, 0.5) is 5.69 Å². The molecule has 4 aromatic rings. The molecule has 180 valence electrons. The van der Waals surface area contributed by atoms with Gasteiger partial charge in [-0.15, -0.1) is 5.10 Å². The molecule has 11 nitrogen and oxygen atoms in total. The third-order valence-electron chi connectivity index (χ3n) is 5.52. The van der Waals surface area contributed by atoms with Crippen LogP contribution in [0, 0.1) is 0 Å². The largest absolute Gasteiger partial charge is 0.489 e. The van der Waals surface area contributed by atoms with Crippen LogP contribution in [0.3, 0.4) is 0 Å². The predicted molar refractivity (Wildman–Crippen MR) is 129 cm³/mol. The average Bonchev–Trinajstić information content (AvgIpc) is 3.29. The van der Waals surface area contributed by atoms with Crippen molar-refractivity contribution < 1.29 is 19.1 Å². The Morgan fingerprint density at radius 3 is 2.83 bits per heavy atom. The van der Waals surface area contributed by atoms with Gasteiger partial charge in [-0.25, -0.2) is 15.0 Å². The van der Waals surface area contributed by atoms with Gasteiger partial charge in [-0.1, -0.05) is 37.8 Å². The van der Waals surface area contributed by atoms with Crippen LogP contribution < -0.4 is 19.7 Å². The normalized spacial score (nSPS) is 15.0. The number of methoxy groups -OCH3 is 1. The number of aromatic nitrogens is 5. The van der Waals surface area contributed by atoms with Crippen molar-refractivity contribution in [2.45, 2.75) is 19.9 Å². The van der Waals surface area contributed by atoms with Crippen molar-refractivity contribution in [3.63, 3.8) is 0 Å². The summed E-state index contributed by atoms with van der Waals surface area (Å²) >= 11 is 0. The number of hydrogen-bond acceptors (Lipinski definition) is 8. The van der Waals surface area contributed by atoms with Gasteiger partial charge in [0.25, 0.3) is 11.8 Å². The van der Waals surface area contributed by atoms with E-state index in [9.17, 15) is 9.59 Å². The van der Waals surface area contributed by atoms with Crippen molar-refractivity contribution in [3.05, 3.63) is 66.0 Å². The van der Waals surface area contributed by atoms with Gasteiger partial charge in [0, 0.05) is 19.5 Å². The summed E-state index contributed by atoms with van der Waals surface area (Å²) in [5, 5.41) is 10.1. The van der Waals surface area contributed by atoms with E-state index in [0.717, 1.165) is 5.56 Å². The zero-order valence-electron chi connectivity index (χ0n) is 18.5. The summed E-state index contributed by atoms with van der Waals surface area (Å²) in [6.07, 6.45) is 1.90. The number of nitrogens with one attached hydrogen (secondary N) is 2. The molecule has 1 aliphatic rings. The molecule has 11 heteroatoms. The highest BCUT2D eigenvalue weighted by Gasteiger charge is 2.32. The summed E-state index contributed by atoms with van der Waals surface area (Å²) in [4.78, 5) is 39.9. The molecule has 0 spiro atoms. The molecule has 0 bridgehead atoms. The number of aromatic amines is 1. The van der Waals surface area contributed by atoms with Gasteiger partial charge in [0.05, 0.1) is 23.7 Å². The Balaban J connectivity index is 0.00000289. The summed E-state index contributed by atoms with van der Waals surface area (Å²) in [7, 11) is 3.13. The Bertz CT molecular complexity index is 1370. The van der Waals surface area contributed by atoms with Crippen molar-refractivity contribution in [2.24, 2.45) is 0 Å². The molecule has 0 fully saturated rings. The average molecular weight is 476 g/mol. The first-order valence-electron chi connectivity index (χ1n) is 10.5. The number of amides is 2. The first kappa shape index (κ1) is 23.6. The van der Waals surface area contributed by atoms with Gasteiger partial charge in [0.1, 0.15) is 30.5 Å². The lowest BCUT2D eigenvalue weighted by atomic mass is 10.1. The lowest BCUT2D eigenvalue weighted by Crippen LogP contribution is -2.49. The summed E-state index contributed by atoms with van der Waals surface area (Å²) in [5.74, 6) is 0.430. The fourth-order valence-electron chi connectivity index (χ4n) is 3.78. The van der Waals surface area contributed by atoms with Crippen molar-refractivity contribution in [3.8, 4) is 11.6 Å². The lowest BCUT2D eigenvalue weighted by Gasteiger charge is -2.20. The molecule has 2 amide bonds. The summed E-state index contributed by atoms with van der Waals surface area (Å²) in [5.41, 5.74) is 2.16. The number of H-pyrrole nitrogens is 1. The van der Waals surface area contributed by atoms with Gasteiger partial charge in [-0.3, -0.25) is 14.7 Å². The zero-order valence-corrected chi connectivity index (χ0v) is 18.5. The SMILES string of the molecule is C.COc1ncnc2cc3c(cc12)N(C)C(=O)[C@@H](NC(=O)c1n[nH]c(Cc2ccccc2)n1)CO3. The van der Waals surface area contributed by atoms with E-state index in [-0.39, 0.29) is 25.8 Å². The molecule has 1 aliphatic heterocycles. The van der Waals surface area contributed by atoms with Gasteiger partial charge >= 0.3 is 0 Å². The first-order chi connectivity index (χ1) is 16.5. The Morgan fingerprint density at radius 1 is 1.26 bits per heavy atom. The molecule has 3 heterocycles. The maximum Gasteiger partial charge on any atom is 0.291 e. The second-order valence-corrected chi connectivity index (χ2v) is 7.72. The van der Waals surface area contributed by atoms with Crippen LogP contribution in [0.25, 0.3) is 10.9 Å². The van der Waals surface area contributed by atoms with Gasteiger partial charge in [0.2, 0.25) is 11.7 Å². The molecule has 1 atom stereocenters. The van der Waals surface area contributed by atoms with Gasteiger partial charge in [-0.05, 0) is 11.6 Å². The maximum atomic E-state index is 13.1. The Hall–Kier alpha value is -4.54. The van der Waals surface area contributed by atoms with E-state index in [1.54, 1.807) is 19.2 Å². The molecule has 5 rings (SSSR count). The number of fused-ring (bicyclic) bond motifs is 2. The van der Waals surface area contributed by atoms with Crippen LogP contribution >= 0.6 is 0 Å². The smallest absolute Gasteiger partial charge is 0.291 e. The number of anilines is 1. The van der Waals surface area contributed by atoms with E-state index >= 15 is 0 Å². The van der Waals surface area contributed by atoms with Crippen LogP contribution in [0.1, 0.15) is 29.4 Å². The quantitative estimate of drug-likeness (QED) is 0.448. The number of carbonyl (C=O) groups excluding carboxylic acids is 2. The van der Waals surface area contributed by atoms with Gasteiger partial charge < -0.3 is 19.7 Å². The molecule has 2 aromatic heterocycles. The fraction of sp³-hybridized carbons (Fsp3) is 0.250. The van der Waals surface area contributed by atoms with Crippen molar-refractivity contribution in [1.82, 2.24) is 30.5 Å². The van der Waals surface area contributed by atoms with E-state index in [0.29, 0.717) is 40.5 Å². The van der Waals surface area contributed by atoms with E-state index in [4.69, 9.17) is 9.47 Å². The molecule has 0 saturated carbocycles. The molecular weight excluding hydrogens is 450 g/mol. The highest BCUT2D eigenvalue weighted by Crippen LogP contribution is 2.36. The number of hydrogen-bond donors (Lipinski definition) is 2. The van der Waals surface area contributed by atoms with E-state index < -0.39 is 11.9 Å². The Kier molecular flexibility index (Phi) is 6.58. The highest BCUT2D eigenvalue weighted by molar-refractivity contribution is 6.04. The second-order valence-electron chi connectivity index (χ2n) is 7.72. The fourth-order valence-corrected chi connectivity index (χ4v) is 3.78. The molecular formula is C24H25N7O4. The molecule has 2 N–H and O–H groups in total. The molecule has 0 saturated heterocycles. The van der Waals surface area contributed by atoms with E-state index in [2.05, 4.69) is 30.5 Å². The standard InChI is InChI=1S/C23H21N7O4.CH4/c1-30-17-9-14-15(24-12-25-22(14)33-2)10-18(17)34-11-16(23(30)32)26-21(31)20-27-19(28-29-20)8-13-6-4-3-5-7-13;/h3-7,9-10,12,16H,8,11H2,1-2H3,(H,26,31)(H,27,28,29);1H4/t16-;/m0./s1. The van der Waals surface area contributed by atoms with Crippen LogP contribution in [0.15, 0.2) is 48.8 Å². The third kappa shape index (κ3) is 4.60. The van der Waals surface area contributed by atoms with Crippen LogP contribution in [-0.4, -0.2) is 63.8 Å². The first-order valence-corrected chi connectivity index (χ1v) is 10.5. The predicted octanol–water partition coefficient (Wildman–Crippen LogP) is 2.14. The number of ether oxygens (including phenoxy) is 2. The van der Waals surface area contributed by atoms with Crippen LogP contribution in [-0.2, 0) is 11.2 Å². The van der Waals surface area contributed by atoms with Crippen molar-refractivity contribution >= 4 is 28.4 Å².